The SMILES string of the molecule is CCOC(=O)CCCNC(=O)COC(=O)c1ccc(NC(N)=O)cc1. The zero-order valence-electron chi connectivity index (χ0n) is 13.9. The van der Waals surface area contributed by atoms with Crippen LogP contribution >= 0.6 is 0 Å². The standard InChI is InChI=1S/C16H21N3O6/c1-2-24-14(21)4-3-9-18-13(20)10-25-15(22)11-5-7-12(8-6-11)19-16(17)23/h5-8H,2-4,9-10H2,1H3,(H,18,20)(H3,17,19,23). The van der Waals surface area contributed by atoms with Crippen molar-refractivity contribution in [2.45, 2.75) is 19.8 Å². The van der Waals surface area contributed by atoms with Crippen molar-refractivity contribution in [3.63, 3.8) is 0 Å². The molecule has 9 heteroatoms. The smallest absolute Gasteiger partial charge is 0.338 e. The lowest BCUT2D eigenvalue weighted by Crippen LogP contribution is -2.30. The van der Waals surface area contributed by atoms with Gasteiger partial charge in [-0.3, -0.25) is 9.59 Å². The monoisotopic (exact) mass is 351 g/mol. The first-order valence-electron chi connectivity index (χ1n) is 7.68. The summed E-state index contributed by atoms with van der Waals surface area (Å²) in [5.41, 5.74) is 5.63. The predicted molar refractivity (Wildman–Crippen MR) is 88.8 cm³/mol. The van der Waals surface area contributed by atoms with E-state index in [2.05, 4.69) is 10.6 Å². The molecule has 1 aromatic carbocycles. The Hall–Kier alpha value is -3.10. The van der Waals surface area contributed by atoms with Gasteiger partial charge in [-0.05, 0) is 37.6 Å². The van der Waals surface area contributed by atoms with Crippen molar-refractivity contribution >= 4 is 29.6 Å². The van der Waals surface area contributed by atoms with Crippen molar-refractivity contribution in [2.24, 2.45) is 5.73 Å². The maximum absolute atomic E-state index is 11.8. The van der Waals surface area contributed by atoms with E-state index in [0.717, 1.165) is 0 Å². The quantitative estimate of drug-likeness (QED) is 0.444. The molecule has 0 spiro atoms. The fourth-order valence-corrected chi connectivity index (χ4v) is 1.79. The van der Waals surface area contributed by atoms with E-state index in [-0.39, 0.29) is 24.5 Å². The van der Waals surface area contributed by atoms with Crippen LogP contribution in [0.2, 0.25) is 0 Å². The number of hydrogen-bond donors (Lipinski definition) is 3. The number of hydrogen-bond acceptors (Lipinski definition) is 6. The average Bonchev–Trinajstić information content (AvgIpc) is 2.57. The molecule has 0 aliphatic carbocycles. The third kappa shape index (κ3) is 8.35. The number of nitrogens with two attached hydrogens (primary N) is 1. The van der Waals surface area contributed by atoms with Crippen LogP contribution in [0.15, 0.2) is 24.3 Å². The summed E-state index contributed by atoms with van der Waals surface area (Å²) in [5.74, 6) is -1.46. The Morgan fingerprint density at radius 2 is 1.76 bits per heavy atom. The van der Waals surface area contributed by atoms with Crippen LogP contribution in [-0.4, -0.2) is 43.6 Å². The first kappa shape index (κ1) is 19.9. The lowest BCUT2D eigenvalue weighted by molar-refractivity contribution is -0.143. The molecule has 0 atom stereocenters. The van der Waals surface area contributed by atoms with Crippen LogP contribution in [-0.2, 0) is 19.1 Å². The van der Waals surface area contributed by atoms with Gasteiger partial charge < -0.3 is 25.8 Å². The molecule has 0 fully saturated rings. The number of anilines is 1. The fraction of sp³-hybridized carbons (Fsp3) is 0.375. The second-order valence-electron chi connectivity index (χ2n) is 4.90. The van der Waals surface area contributed by atoms with Crippen molar-refractivity contribution in [3.05, 3.63) is 29.8 Å². The molecule has 9 nitrogen and oxygen atoms in total. The molecule has 0 aliphatic heterocycles. The second-order valence-corrected chi connectivity index (χ2v) is 4.90. The molecule has 0 bridgehead atoms. The molecule has 0 radical (unpaired) electrons. The van der Waals surface area contributed by atoms with Crippen LogP contribution in [0.3, 0.4) is 0 Å². The van der Waals surface area contributed by atoms with Crippen molar-refractivity contribution in [1.29, 1.82) is 0 Å². The molecule has 4 N–H and O–H groups in total. The Morgan fingerprint density at radius 1 is 1.08 bits per heavy atom. The maximum Gasteiger partial charge on any atom is 0.338 e. The van der Waals surface area contributed by atoms with Gasteiger partial charge in [-0.15, -0.1) is 0 Å². The molecule has 3 amide bonds. The summed E-state index contributed by atoms with van der Waals surface area (Å²) < 4.78 is 9.63. The highest BCUT2D eigenvalue weighted by atomic mass is 16.5. The van der Waals surface area contributed by atoms with E-state index in [0.29, 0.717) is 18.7 Å². The molecule has 0 saturated heterocycles. The Labute approximate surface area is 144 Å². The number of nitrogens with one attached hydrogen (secondary N) is 2. The molecule has 1 aromatic rings. The molecule has 136 valence electrons. The van der Waals surface area contributed by atoms with Crippen molar-refractivity contribution in [2.75, 3.05) is 25.1 Å². The Kier molecular flexibility index (Phi) is 8.48. The van der Waals surface area contributed by atoms with Gasteiger partial charge in [0, 0.05) is 18.7 Å². The first-order chi connectivity index (χ1) is 11.9. The van der Waals surface area contributed by atoms with Gasteiger partial charge in [0.15, 0.2) is 6.61 Å². The molecule has 0 saturated carbocycles. The summed E-state index contributed by atoms with van der Waals surface area (Å²) >= 11 is 0. The van der Waals surface area contributed by atoms with Crippen molar-refractivity contribution in [1.82, 2.24) is 5.32 Å². The minimum Gasteiger partial charge on any atom is -0.466 e. The van der Waals surface area contributed by atoms with Gasteiger partial charge >= 0.3 is 18.0 Å². The third-order valence-corrected chi connectivity index (χ3v) is 2.91. The van der Waals surface area contributed by atoms with Crippen molar-refractivity contribution in [3.8, 4) is 0 Å². The molecular formula is C16H21N3O6. The molecular weight excluding hydrogens is 330 g/mol. The van der Waals surface area contributed by atoms with Crippen LogP contribution in [0.1, 0.15) is 30.1 Å². The first-order valence-corrected chi connectivity index (χ1v) is 7.68. The fourth-order valence-electron chi connectivity index (χ4n) is 1.79. The van der Waals surface area contributed by atoms with Crippen molar-refractivity contribution < 1.29 is 28.7 Å². The second kappa shape index (κ2) is 10.6. The van der Waals surface area contributed by atoms with E-state index in [9.17, 15) is 19.2 Å². The van der Waals surface area contributed by atoms with Gasteiger partial charge in [0.05, 0.1) is 12.2 Å². The molecule has 0 aromatic heterocycles. The van der Waals surface area contributed by atoms with Gasteiger partial charge in [-0.1, -0.05) is 0 Å². The van der Waals surface area contributed by atoms with E-state index in [1.165, 1.54) is 24.3 Å². The number of carbonyl (C=O) groups is 4. The van der Waals surface area contributed by atoms with E-state index in [4.69, 9.17) is 15.2 Å². The molecule has 0 unspecified atom stereocenters. The lowest BCUT2D eigenvalue weighted by Gasteiger charge is -2.07. The highest BCUT2D eigenvalue weighted by molar-refractivity contribution is 5.93. The Balaban J connectivity index is 2.27. The van der Waals surface area contributed by atoms with E-state index < -0.39 is 24.5 Å². The number of ether oxygens (including phenoxy) is 2. The van der Waals surface area contributed by atoms with E-state index >= 15 is 0 Å². The summed E-state index contributed by atoms with van der Waals surface area (Å²) in [6.45, 7) is 1.89. The maximum atomic E-state index is 11.8. The largest absolute Gasteiger partial charge is 0.466 e. The van der Waals surface area contributed by atoms with Gasteiger partial charge in [0.2, 0.25) is 0 Å². The average molecular weight is 351 g/mol. The van der Waals surface area contributed by atoms with Crippen LogP contribution in [0.25, 0.3) is 0 Å². The number of esters is 2. The summed E-state index contributed by atoms with van der Waals surface area (Å²) in [6, 6.07) is 5.12. The summed E-state index contributed by atoms with van der Waals surface area (Å²) in [5, 5.41) is 4.89. The number of carbonyl (C=O) groups excluding carboxylic acids is 4. The molecule has 25 heavy (non-hydrogen) atoms. The van der Waals surface area contributed by atoms with Crippen LogP contribution in [0.5, 0.6) is 0 Å². The minimum atomic E-state index is -0.713. The van der Waals surface area contributed by atoms with E-state index in [1.54, 1.807) is 6.92 Å². The Bertz CT molecular complexity index is 615. The van der Waals surface area contributed by atoms with Gasteiger partial charge in [0.1, 0.15) is 0 Å². The minimum absolute atomic E-state index is 0.208. The Morgan fingerprint density at radius 3 is 2.36 bits per heavy atom. The summed E-state index contributed by atoms with van der Waals surface area (Å²) in [6.07, 6.45) is 0.645. The molecule has 1 rings (SSSR count). The molecule has 0 heterocycles. The highest BCUT2D eigenvalue weighted by Crippen LogP contribution is 2.10. The zero-order chi connectivity index (χ0) is 18.7. The number of benzene rings is 1. The normalized spacial score (nSPS) is 9.80. The number of amides is 3. The number of rotatable bonds is 9. The van der Waals surface area contributed by atoms with Gasteiger partial charge in [-0.25, -0.2) is 9.59 Å². The summed E-state index contributed by atoms with van der Waals surface area (Å²) in [4.78, 5) is 45.2. The lowest BCUT2D eigenvalue weighted by atomic mass is 10.2. The van der Waals surface area contributed by atoms with Crippen LogP contribution in [0, 0.1) is 0 Å². The number of urea groups is 1. The third-order valence-electron chi connectivity index (χ3n) is 2.91. The van der Waals surface area contributed by atoms with Gasteiger partial charge in [-0.2, -0.15) is 0 Å². The van der Waals surface area contributed by atoms with E-state index in [1.807, 2.05) is 0 Å². The van der Waals surface area contributed by atoms with Crippen LogP contribution < -0.4 is 16.4 Å². The molecule has 0 aliphatic rings. The highest BCUT2D eigenvalue weighted by Gasteiger charge is 2.10. The zero-order valence-corrected chi connectivity index (χ0v) is 13.9. The summed E-state index contributed by atoms with van der Waals surface area (Å²) in [7, 11) is 0. The predicted octanol–water partition coefficient (Wildman–Crippen LogP) is 0.794. The topological polar surface area (TPSA) is 137 Å². The van der Waals surface area contributed by atoms with Crippen LogP contribution in [0.4, 0.5) is 10.5 Å². The van der Waals surface area contributed by atoms with Gasteiger partial charge in [0.25, 0.3) is 5.91 Å². The number of primary amides is 1.